The molecule has 0 N–H and O–H groups in total. The third-order valence-electron chi connectivity index (χ3n) is 4.12. The average Bonchev–Trinajstić information content (AvgIpc) is 2.87. The number of halogens is 1. The van der Waals surface area contributed by atoms with Crippen molar-refractivity contribution in [2.45, 2.75) is 52.0 Å². The highest BCUT2D eigenvalue weighted by molar-refractivity contribution is 6.16. The number of hydrogen-bond acceptors (Lipinski definition) is 2. The van der Waals surface area contributed by atoms with Crippen molar-refractivity contribution in [1.29, 1.82) is 0 Å². The Bertz CT molecular complexity index is 607. The van der Waals surface area contributed by atoms with Crippen LogP contribution in [0.3, 0.4) is 0 Å². The van der Waals surface area contributed by atoms with Gasteiger partial charge in [-0.3, -0.25) is 4.68 Å². The van der Waals surface area contributed by atoms with E-state index in [1.807, 2.05) is 11.7 Å². The van der Waals surface area contributed by atoms with Crippen LogP contribution in [0.4, 0.5) is 0 Å². The van der Waals surface area contributed by atoms with Crippen LogP contribution in [0.2, 0.25) is 0 Å². The summed E-state index contributed by atoms with van der Waals surface area (Å²) in [5.41, 5.74) is 3.71. The molecule has 5 heteroatoms. The highest BCUT2D eigenvalue weighted by Crippen LogP contribution is 2.47. The van der Waals surface area contributed by atoms with Crippen molar-refractivity contribution in [3.05, 3.63) is 11.5 Å². The summed E-state index contributed by atoms with van der Waals surface area (Å²) in [6, 6.07) is 0. The van der Waals surface area contributed by atoms with E-state index in [2.05, 4.69) is 23.5 Å². The smallest absolute Gasteiger partial charge is 0.158 e. The molecule has 0 spiro atoms. The Kier molecular flexibility index (Phi) is 3.08. The van der Waals surface area contributed by atoms with Gasteiger partial charge >= 0.3 is 0 Å². The standard InChI is InChI=1S/C14H21ClN4/c1-4-5-10-12-13(18(3)17-10)19(11(8-15)16-12)9-14(2)6-7-14/h4-9H2,1-3H3. The lowest BCUT2D eigenvalue weighted by atomic mass is 10.1. The van der Waals surface area contributed by atoms with Gasteiger partial charge in [-0.25, -0.2) is 4.98 Å². The summed E-state index contributed by atoms with van der Waals surface area (Å²) in [6.45, 7) is 5.52. The number of alkyl halides is 1. The lowest BCUT2D eigenvalue weighted by molar-refractivity contribution is 0.459. The minimum atomic E-state index is 0.434. The monoisotopic (exact) mass is 280 g/mol. The molecule has 0 amide bonds. The molecule has 3 rings (SSSR count). The average molecular weight is 281 g/mol. The predicted octanol–water partition coefficient (Wildman–Crippen LogP) is 3.26. The molecule has 104 valence electrons. The fourth-order valence-electron chi connectivity index (χ4n) is 2.71. The molecule has 4 nitrogen and oxygen atoms in total. The topological polar surface area (TPSA) is 35.6 Å². The highest BCUT2D eigenvalue weighted by atomic mass is 35.5. The molecule has 1 aliphatic carbocycles. The Morgan fingerprint density at radius 1 is 1.37 bits per heavy atom. The second-order valence-corrected chi connectivity index (χ2v) is 6.32. The summed E-state index contributed by atoms with van der Waals surface area (Å²) in [7, 11) is 2.01. The van der Waals surface area contributed by atoms with E-state index >= 15 is 0 Å². The molecule has 0 saturated heterocycles. The molecule has 0 aliphatic heterocycles. The number of fused-ring (bicyclic) bond motifs is 1. The van der Waals surface area contributed by atoms with Gasteiger partial charge in [0.25, 0.3) is 0 Å². The van der Waals surface area contributed by atoms with Crippen molar-refractivity contribution in [2.24, 2.45) is 12.5 Å². The van der Waals surface area contributed by atoms with E-state index in [1.165, 1.54) is 12.8 Å². The maximum atomic E-state index is 6.08. The molecule has 0 radical (unpaired) electrons. The highest BCUT2D eigenvalue weighted by Gasteiger charge is 2.38. The Labute approximate surface area is 118 Å². The Morgan fingerprint density at radius 2 is 2.11 bits per heavy atom. The van der Waals surface area contributed by atoms with Gasteiger partial charge in [0, 0.05) is 13.6 Å². The van der Waals surface area contributed by atoms with Gasteiger partial charge in [-0.1, -0.05) is 20.3 Å². The second-order valence-electron chi connectivity index (χ2n) is 6.05. The van der Waals surface area contributed by atoms with Crippen LogP contribution >= 0.6 is 11.6 Å². The van der Waals surface area contributed by atoms with Crippen molar-refractivity contribution < 1.29 is 0 Å². The van der Waals surface area contributed by atoms with Gasteiger partial charge in [0.05, 0.1) is 11.6 Å². The largest absolute Gasteiger partial charge is 0.311 e. The van der Waals surface area contributed by atoms with E-state index in [1.54, 1.807) is 0 Å². The third-order valence-corrected chi connectivity index (χ3v) is 4.36. The van der Waals surface area contributed by atoms with Crippen LogP contribution in [-0.4, -0.2) is 19.3 Å². The predicted molar refractivity (Wildman–Crippen MR) is 77.4 cm³/mol. The molecule has 19 heavy (non-hydrogen) atoms. The molecule has 1 fully saturated rings. The van der Waals surface area contributed by atoms with Gasteiger partial charge in [-0.05, 0) is 24.7 Å². The number of imidazole rings is 1. The van der Waals surface area contributed by atoms with Gasteiger partial charge in [0.1, 0.15) is 11.3 Å². The summed E-state index contributed by atoms with van der Waals surface area (Å²) in [5, 5.41) is 4.62. The molecular formula is C14H21ClN4. The maximum absolute atomic E-state index is 6.08. The van der Waals surface area contributed by atoms with E-state index in [-0.39, 0.29) is 0 Å². The summed E-state index contributed by atoms with van der Waals surface area (Å²) < 4.78 is 4.25. The van der Waals surface area contributed by atoms with Crippen molar-refractivity contribution in [3.8, 4) is 0 Å². The molecule has 2 aromatic rings. The normalized spacial score (nSPS) is 17.3. The van der Waals surface area contributed by atoms with Crippen LogP contribution in [0.5, 0.6) is 0 Å². The van der Waals surface area contributed by atoms with E-state index in [4.69, 9.17) is 16.6 Å². The van der Waals surface area contributed by atoms with Crippen LogP contribution in [0.1, 0.15) is 44.6 Å². The van der Waals surface area contributed by atoms with Crippen LogP contribution in [0, 0.1) is 5.41 Å². The molecule has 0 atom stereocenters. The first-order chi connectivity index (χ1) is 9.08. The quantitative estimate of drug-likeness (QED) is 0.788. The molecule has 1 aliphatic rings. The van der Waals surface area contributed by atoms with Gasteiger partial charge in [0.2, 0.25) is 0 Å². The fraction of sp³-hybridized carbons (Fsp3) is 0.714. The van der Waals surface area contributed by atoms with Gasteiger partial charge < -0.3 is 4.57 Å². The van der Waals surface area contributed by atoms with E-state index in [0.29, 0.717) is 11.3 Å². The number of aromatic nitrogens is 4. The van der Waals surface area contributed by atoms with Gasteiger partial charge in [0.15, 0.2) is 5.65 Å². The minimum absolute atomic E-state index is 0.434. The summed E-state index contributed by atoms with van der Waals surface area (Å²) in [6.07, 6.45) is 4.67. The molecule has 0 unspecified atom stereocenters. The Hall–Kier alpha value is -1.03. The summed E-state index contributed by atoms with van der Waals surface area (Å²) >= 11 is 6.08. The van der Waals surface area contributed by atoms with Crippen LogP contribution < -0.4 is 0 Å². The van der Waals surface area contributed by atoms with Crippen molar-refractivity contribution in [2.75, 3.05) is 0 Å². The molecule has 0 bridgehead atoms. The zero-order valence-corrected chi connectivity index (χ0v) is 12.7. The fourth-order valence-corrected chi connectivity index (χ4v) is 2.92. The summed E-state index contributed by atoms with van der Waals surface area (Å²) in [5.74, 6) is 1.45. The minimum Gasteiger partial charge on any atom is -0.311 e. The molecular weight excluding hydrogens is 260 g/mol. The number of aryl methyl sites for hydroxylation is 2. The van der Waals surface area contributed by atoms with Crippen molar-refractivity contribution in [3.63, 3.8) is 0 Å². The van der Waals surface area contributed by atoms with Crippen LogP contribution in [0.25, 0.3) is 11.2 Å². The molecule has 0 aromatic carbocycles. The van der Waals surface area contributed by atoms with E-state index < -0.39 is 0 Å². The lowest BCUT2D eigenvalue weighted by Gasteiger charge is -2.12. The van der Waals surface area contributed by atoms with Gasteiger partial charge in [-0.2, -0.15) is 5.10 Å². The molecule has 2 aromatic heterocycles. The third kappa shape index (κ3) is 2.16. The number of rotatable bonds is 5. The lowest BCUT2D eigenvalue weighted by Crippen LogP contribution is -2.12. The Balaban J connectivity index is 2.12. The zero-order chi connectivity index (χ0) is 13.6. The van der Waals surface area contributed by atoms with Crippen molar-refractivity contribution in [1.82, 2.24) is 19.3 Å². The molecule has 2 heterocycles. The number of hydrogen-bond donors (Lipinski definition) is 0. The second kappa shape index (κ2) is 4.51. The maximum Gasteiger partial charge on any atom is 0.158 e. The zero-order valence-electron chi connectivity index (χ0n) is 11.9. The molecule has 1 saturated carbocycles. The number of nitrogens with zero attached hydrogens (tertiary/aromatic N) is 4. The first-order valence-electron chi connectivity index (χ1n) is 7.05. The van der Waals surface area contributed by atoms with Crippen LogP contribution in [0.15, 0.2) is 0 Å². The van der Waals surface area contributed by atoms with E-state index in [0.717, 1.165) is 42.1 Å². The van der Waals surface area contributed by atoms with Crippen molar-refractivity contribution >= 4 is 22.8 Å². The first kappa shape index (κ1) is 13.0. The SMILES string of the molecule is CCCc1nn(C)c2c1nc(CCl)n2CC1(C)CC1. The van der Waals surface area contributed by atoms with Gasteiger partial charge in [-0.15, -0.1) is 11.6 Å². The van der Waals surface area contributed by atoms with Crippen LogP contribution in [-0.2, 0) is 25.9 Å². The summed E-state index contributed by atoms with van der Waals surface area (Å²) in [4.78, 5) is 4.73. The van der Waals surface area contributed by atoms with E-state index in [9.17, 15) is 0 Å². The Morgan fingerprint density at radius 3 is 2.68 bits per heavy atom. The first-order valence-corrected chi connectivity index (χ1v) is 7.58.